The average Bonchev–Trinajstić information content (AvgIpc) is 2.94. The van der Waals surface area contributed by atoms with Crippen molar-refractivity contribution in [3.05, 3.63) is 30.1 Å². The summed E-state index contributed by atoms with van der Waals surface area (Å²) in [5.41, 5.74) is 0.518. The fourth-order valence-electron chi connectivity index (χ4n) is 4.12. The van der Waals surface area contributed by atoms with Gasteiger partial charge in [-0.2, -0.15) is 0 Å². The Morgan fingerprint density at radius 3 is 2.52 bits per heavy atom. The number of likely N-dealkylation sites (tertiary alicyclic amines) is 1. The van der Waals surface area contributed by atoms with Gasteiger partial charge in [0, 0.05) is 38.2 Å². The third-order valence-corrected chi connectivity index (χ3v) is 6.34. The van der Waals surface area contributed by atoms with Crippen LogP contribution in [0.5, 0.6) is 0 Å². The van der Waals surface area contributed by atoms with E-state index < -0.39 is 0 Å². The van der Waals surface area contributed by atoms with Crippen molar-refractivity contribution in [2.24, 2.45) is 5.92 Å². The zero-order chi connectivity index (χ0) is 19.6. The molecule has 0 bridgehead atoms. The zero-order valence-electron chi connectivity index (χ0n) is 16.3. The number of carbonyl (C=O) groups is 1. The van der Waals surface area contributed by atoms with Crippen LogP contribution < -0.4 is 10.6 Å². The summed E-state index contributed by atoms with van der Waals surface area (Å²) in [7, 11) is 0. The lowest BCUT2D eigenvalue weighted by Crippen LogP contribution is -2.60. The van der Waals surface area contributed by atoms with E-state index in [0.29, 0.717) is 11.0 Å². The normalized spacial score (nSPS) is 23.0. The number of rotatable bonds is 4. The molecule has 3 rings (SSSR count). The average molecular weight is 393 g/mol. The molecule has 0 aromatic heterocycles. The Hall–Kier alpha value is -1.73. The van der Waals surface area contributed by atoms with E-state index in [1.165, 1.54) is 12.1 Å². The topological polar surface area (TPSA) is 47.6 Å². The van der Waals surface area contributed by atoms with Crippen LogP contribution in [0.1, 0.15) is 40.0 Å². The highest BCUT2D eigenvalue weighted by molar-refractivity contribution is 7.80. The van der Waals surface area contributed by atoms with E-state index in [0.717, 1.165) is 44.6 Å². The Kier molecular flexibility index (Phi) is 6.01. The fourth-order valence-corrected chi connectivity index (χ4v) is 4.42. The number of piperidine rings is 1. The van der Waals surface area contributed by atoms with Gasteiger partial charge >= 0.3 is 0 Å². The number of amides is 1. The quantitative estimate of drug-likeness (QED) is 0.771. The van der Waals surface area contributed by atoms with E-state index in [4.69, 9.17) is 12.2 Å². The minimum atomic E-state index is -0.265. The van der Waals surface area contributed by atoms with Gasteiger partial charge in [0.25, 0.3) is 0 Å². The second-order valence-electron chi connectivity index (χ2n) is 7.55. The lowest BCUT2D eigenvalue weighted by atomic mass is 9.95. The van der Waals surface area contributed by atoms with Crippen LogP contribution in [0.4, 0.5) is 10.1 Å². The monoisotopic (exact) mass is 392 g/mol. The van der Waals surface area contributed by atoms with Crippen molar-refractivity contribution in [2.75, 3.05) is 25.0 Å². The van der Waals surface area contributed by atoms with Crippen molar-refractivity contribution in [3.8, 4) is 0 Å². The summed E-state index contributed by atoms with van der Waals surface area (Å²) in [6.45, 7) is 8.58. The molecule has 0 aliphatic carbocycles. The maximum Gasteiger partial charge on any atom is 0.241 e. The number of anilines is 1. The summed E-state index contributed by atoms with van der Waals surface area (Å²) in [6, 6.07) is 6.10. The van der Waals surface area contributed by atoms with Crippen LogP contribution in [-0.2, 0) is 4.79 Å². The molecule has 2 unspecified atom stereocenters. The van der Waals surface area contributed by atoms with Crippen LogP contribution in [0, 0.1) is 11.7 Å². The Balaban J connectivity index is 1.64. The lowest BCUT2D eigenvalue weighted by molar-refractivity contribution is -0.133. The predicted molar refractivity (Wildman–Crippen MR) is 110 cm³/mol. The standard InChI is InChI=1S/C20H29FN4OS/c1-4-14(3)17-18(26)25(5-2)20(23-17)10-12-24(13-11-20)19(27)22-16-8-6-15(21)7-9-16/h6-9,14,17,23H,4-5,10-13H2,1-3H3,(H,22,27). The Bertz CT molecular complexity index is 688. The first-order chi connectivity index (χ1) is 12.9. The summed E-state index contributed by atoms with van der Waals surface area (Å²) in [5, 5.41) is 7.49. The molecule has 27 heavy (non-hydrogen) atoms. The molecule has 0 radical (unpaired) electrons. The molecule has 2 saturated heterocycles. The number of nitrogens with zero attached hydrogens (tertiary/aromatic N) is 2. The molecule has 1 aromatic carbocycles. The molecule has 7 heteroatoms. The van der Waals surface area contributed by atoms with E-state index in [1.807, 2.05) is 11.8 Å². The van der Waals surface area contributed by atoms with E-state index in [-0.39, 0.29) is 23.4 Å². The van der Waals surface area contributed by atoms with Crippen LogP contribution in [0.25, 0.3) is 0 Å². The molecule has 148 valence electrons. The van der Waals surface area contributed by atoms with Crippen molar-refractivity contribution in [2.45, 2.75) is 51.7 Å². The van der Waals surface area contributed by atoms with Gasteiger partial charge in [-0.25, -0.2) is 4.39 Å². The predicted octanol–water partition coefficient (Wildman–Crippen LogP) is 3.18. The minimum absolute atomic E-state index is 0.0919. The van der Waals surface area contributed by atoms with E-state index in [9.17, 15) is 9.18 Å². The Labute approximate surface area is 166 Å². The van der Waals surface area contributed by atoms with E-state index in [2.05, 4.69) is 29.4 Å². The van der Waals surface area contributed by atoms with Gasteiger partial charge in [-0.3, -0.25) is 10.1 Å². The number of halogens is 1. The molecular formula is C20H29FN4OS. The van der Waals surface area contributed by atoms with Crippen molar-refractivity contribution in [1.29, 1.82) is 0 Å². The fraction of sp³-hybridized carbons (Fsp3) is 0.600. The number of carbonyl (C=O) groups excluding carboxylic acids is 1. The maximum atomic E-state index is 13.1. The van der Waals surface area contributed by atoms with Crippen molar-refractivity contribution in [1.82, 2.24) is 15.1 Å². The summed E-state index contributed by atoms with van der Waals surface area (Å²) in [4.78, 5) is 17.0. The third kappa shape index (κ3) is 3.94. The van der Waals surface area contributed by atoms with Gasteiger partial charge in [0.1, 0.15) is 5.82 Å². The van der Waals surface area contributed by atoms with Crippen LogP contribution in [0.3, 0.4) is 0 Å². The first-order valence-electron chi connectivity index (χ1n) is 9.81. The van der Waals surface area contributed by atoms with Gasteiger partial charge in [0.15, 0.2) is 5.11 Å². The van der Waals surface area contributed by atoms with E-state index in [1.54, 1.807) is 12.1 Å². The van der Waals surface area contributed by atoms with Gasteiger partial charge in [-0.1, -0.05) is 20.3 Å². The second-order valence-corrected chi connectivity index (χ2v) is 7.93. The third-order valence-electron chi connectivity index (χ3n) is 5.98. The van der Waals surface area contributed by atoms with Crippen molar-refractivity contribution < 1.29 is 9.18 Å². The lowest BCUT2D eigenvalue weighted by Gasteiger charge is -2.45. The van der Waals surface area contributed by atoms with Crippen LogP contribution in [0.15, 0.2) is 24.3 Å². The summed E-state index contributed by atoms with van der Waals surface area (Å²) in [5.74, 6) is 0.288. The SMILES string of the molecule is CCC(C)C1NC2(CCN(C(=S)Nc3ccc(F)cc3)CC2)N(CC)C1=O. The molecule has 1 spiro atoms. The first-order valence-corrected chi connectivity index (χ1v) is 10.2. The van der Waals surface area contributed by atoms with Crippen LogP contribution in [0.2, 0.25) is 0 Å². The summed E-state index contributed by atoms with van der Waals surface area (Å²) < 4.78 is 13.1. The maximum absolute atomic E-state index is 13.1. The molecule has 2 atom stereocenters. The van der Waals surface area contributed by atoms with Crippen molar-refractivity contribution >= 4 is 28.9 Å². The molecule has 2 fully saturated rings. The zero-order valence-corrected chi connectivity index (χ0v) is 17.1. The highest BCUT2D eigenvalue weighted by atomic mass is 32.1. The van der Waals surface area contributed by atoms with E-state index >= 15 is 0 Å². The highest BCUT2D eigenvalue weighted by Gasteiger charge is 2.51. The van der Waals surface area contributed by atoms with Crippen LogP contribution >= 0.6 is 12.2 Å². The number of hydrogen-bond acceptors (Lipinski definition) is 3. The number of hydrogen-bond donors (Lipinski definition) is 2. The molecule has 1 aromatic rings. The largest absolute Gasteiger partial charge is 0.349 e. The smallest absolute Gasteiger partial charge is 0.241 e. The minimum Gasteiger partial charge on any atom is -0.349 e. The van der Waals surface area contributed by atoms with Gasteiger partial charge in [-0.15, -0.1) is 0 Å². The number of benzene rings is 1. The van der Waals surface area contributed by atoms with Crippen molar-refractivity contribution in [3.63, 3.8) is 0 Å². The van der Waals surface area contributed by atoms with Gasteiger partial charge < -0.3 is 15.1 Å². The molecule has 2 N–H and O–H groups in total. The number of likely N-dealkylation sites (N-methyl/N-ethyl adjacent to an activating group) is 1. The van der Waals surface area contributed by atoms with Gasteiger partial charge in [0.2, 0.25) is 5.91 Å². The van der Waals surface area contributed by atoms with Crippen LogP contribution in [-0.4, -0.2) is 52.2 Å². The Morgan fingerprint density at radius 2 is 1.96 bits per heavy atom. The summed E-state index contributed by atoms with van der Waals surface area (Å²) in [6.07, 6.45) is 2.66. The molecule has 2 aliphatic heterocycles. The highest BCUT2D eigenvalue weighted by Crippen LogP contribution is 2.34. The first kappa shape index (κ1) is 20.0. The number of nitrogens with one attached hydrogen (secondary N) is 2. The van der Waals surface area contributed by atoms with Gasteiger partial charge in [-0.05, 0) is 49.3 Å². The molecule has 5 nitrogen and oxygen atoms in total. The molecule has 1 amide bonds. The summed E-state index contributed by atoms with van der Waals surface area (Å²) >= 11 is 5.54. The molecule has 2 heterocycles. The molecule has 2 aliphatic rings. The number of thiocarbonyl (C=S) groups is 1. The van der Waals surface area contributed by atoms with Gasteiger partial charge in [0.05, 0.1) is 11.7 Å². The molecular weight excluding hydrogens is 363 g/mol. The molecule has 0 saturated carbocycles. The second kappa shape index (κ2) is 8.10. The Morgan fingerprint density at radius 1 is 1.33 bits per heavy atom.